The Hall–Kier alpha value is -6.21. The normalized spacial score (nSPS) is 13.0. The van der Waals surface area contributed by atoms with E-state index in [1.54, 1.807) is 26.1 Å². The van der Waals surface area contributed by atoms with Crippen LogP contribution in [0.15, 0.2) is 60.8 Å². The molecule has 2 aromatic carbocycles. The van der Waals surface area contributed by atoms with Crippen molar-refractivity contribution in [3.63, 3.8) is 0 Å². The number of benzene rings is 2. The highest BCUT2D eigenvalue weighted by Crippen LogP contribution is 2.41. The third kappa shape index (κ3) is 16.5. The lowest BCUT2D eigenvalue weighted by Gasteiger charge is -2.41. The Kier molecular flexibility index (Phi) is 18.9. The first-order chi connectivity index (χ1) is 29.5. The molecule has 0 bridgehead atoms. The number of carbonyl (C=O) groups excluding carboxylic acids is 5. The maximum atomic E-state index is 15.1. The van der Waals surface area contributed by atoms with Crippen molar-refractivity contribution >= 4 is 41.5 Å². The number of nitrogens with two attached hydrogens (primary N) is 1. The van der Waals surface area contributed by atoms with Crippen molar-refractivity contribution in [1.82, 2.24) is 30.7 Å². The molecule has 9 N–H and O–H groups in total. The van der Waals surface area contributed by atoms with Crippen molar-refractivity contribution in [3.05, 3.63) is 83.7 Å². The highest BCUT2D eigenvalue weighted by molar-refractivity contribution is 5.88. The number of halogens is 2. The van der Waals surface area contributed by atoms with Crippen LogP contribution in [0.25, 0.3) is 11.1 Å². The fraction of sp³-hybridized carbons (Fsp3) is 0.477. The first-order valence-corrected chi connectivity index (χ1v) is 20.4. The van der Waals surface area contributed by atoms with E-state index in [0.717, 1.165) is 23.8 Å². The van der Waals surface area contributed by atoms with Crippen LogP contribution < -0.4 is 27.0 Å². The fourth-order valence-electron chi connectivity index (χ4n) is 7.04. The molecule has 1 heterocycles. The number of aliphatic hydroxyl groups excluding tert-OH is 1. The van der Waals surface area contributed by atoms with Crippen LogP contribution in [0.3, 0.4) is 0 Å². The predicted octanol–water partition coefficient (Wildman–Crippen LogP) is 2.70. The Morgan fingerprint density at radius 1 is 0.825 bits per heavy atom. The van der Waals surface area contributed by atoms with Crippen molar-refractivity contribution in [2.75, 3.05) is 32.8 Å². The standard InChI is InChI=1S/C44H59F2N7O10/c1-43(2,3)40(34-19-28(30-20-29(45)11-12-31(30)46)25-52(34)24-27-9-7-6-8-10-27)53(38(58)26-54)18-15-32(47)41(61)49-17-16-48-35(55)14-13-33(42(62)63)51-37(57)23-50-36(56)21-44(4,5)22-39(59)60/h6-12,19-20,25,32-33,40,54H,13-18,21-24,26,47H2,1-5H3,(H,48,55)(H,49,61)(H,50,56)(H,51,57)(H,59,60)(H,62,63)/t32-,33-,40-/m0/s1. The van der Waals surface area contributed by atoms with Crippen molar-refractivity contribution in [2.45, 2.75) is 91.4 Å². The van der Waals surface area contributed by atoms with E-state index in [-0.39, 0.29) is 57.3 Å². The molecule has 63 heavy (non-hydrogen) atoms. The summed E-state index contributed by atoms with van der Waals surface area (Å²) in [5.74, 6) is -7.02. The van der Waals surface area contributed by atoms with Gasteiger partial charge >= 0.3 is 11.9 Å². The zero-order chi connectivity index (χ0) is 47.1. The summed E-state index contributed by atoms with van der Waals surface area (Å²) in [6.45, 7) is 7.51. The highest BCUT2D eigenvalue weighted by Gasteiger charge is 2.37. The van der Waals surface area contributed by atoms with E-state index in [9.17, 15) is 48.2 Å². The Morgan fingerprint density at radius 2 is 1.49 bits per heavy atom. The predicted molar refractivity (Wildman–Crippen MR) is 227 cm³/mol. The first kappa shape index (κ1) is 51.1. The minimum absolute atomic E-state index is 0.0244. The van der Waals surface area contributed by atoms with Crippen LogP contribution in [0, 0.1) is 22.5 Å². The Labute approximate surface area is 364 Å². The molecule has 0 unspecified atom stereocenters. The molecule has 0 saturated heterocycles. The lowest BCUT2D eigenvalue weighted by atomic mass is 9.82. The Bertz CT molecular complexity index is 2090. The van der Waals surface area contributed by atoms with Gasteiger partial charge in [-0.2, -0.15) is 0 Å². The fourth-order valence-corrected chi connectivity index (χ4v) is 7.04. The summed E-state index contributed by atoms with van der Waals surface area (Å²) in [6, 6.07) is 10.9. The van der Waals surface area contributed by atoms with Crippen LogP contribution >= 0.6 is 0 Å². The highest BCUT2D eigenvalue weighted by atomic mass is 19.1. The minimum atomic E-state index is -1.46. The largest absolute Gasteiger partial charge is 0.481 e. The van der Waals surface area contributed by atoms with Crippen LogP contribution in [0.1, 0.15) is 84.0 Å². The molecule has 0 saturated carbocycles. The molecule has 0 aliphatic rings. The molecule has 3 rings (SSSR count). The summed E-state index contributed by atoms with van der Waals surface area (Å²) in [7, 11) is 0. The molecule has 0 aliphatic carbocycles. The molecule has 0 fully saturated rings. The third-order valence-corrected chi connectivity index (χ3v) is 10.0. The average Bonchev–Trinajstić information content (AvgIpc) is 3.60. The van der Waals surface area contributed by atoms with E-state index in [1.165, 1.54) is 4.90 Å². The van der Waals surface area contributed by atoms with E-state index in [1.807, 2.05) is 55.7 Å². The maximum absolute atomic E-state index is 15.1. The lowest BCUT2D eigenvalue weighted by molar-refractivity contribution is -0.142. The van der Waals surface area contributed by atoms with Crippen molar-refractivity contribution in [3.8, 4) is 11.1 Å². The summed E-state index contributed by atoms with van der Waals surface area (Å²) < 4.78 is 31.2. The van der Waals surface area contributed by atoms with E-state index in [0.29, 0.717) is 17.8 Å². The average molecular weight is 884 g/mol. The van der Waals surface area contributed by atoms with Gasteiger partial charge in [0.25, 0.3) is 0 Å². The van der Waals surface area contributed by atoms with E-state index in [4.69, 9.17) is 10.8 Å². The number of amides is 5. The van der Waals surface area contributed by atoms with E-state index < -0.39 is 95.2 Å². The van der Waals surface area contributed by atoms with Crippen molar-refractivity contribution in [1.29, 1.82) is 0 Å². The SMILES string of the molecule is CC(C)(CC(=O)O)CC(=O)NCC(=O)N[C@@H](CCC(=O)NCCNC(=O)[C@@H](N)CCN(C(=O)CO)[C@@H](c1cc(-c2cc(F)ccc2F)cn1Cc1ccccc1)C(C)(C)C)C(=O)O. The van der Waals surface area contributed by atoms with E-state index in [2.05, 4.69) is 21.3 Å². The molecule has 17 nitrogen and oxygen atoms in total. The number of nitrogens with zero attached hydrogens (tertiary/aromatic N) is 2. The topological polar surface area (TPSA) is 262 Å². The molecule has 3 aromatic rings. The zero-order valence-electron chi connectivity index (χ0n) is 36.2. The monoisotopic (exact) mass is 883 g/mol. The van der Waals surface area contributed by atoms with Crippen molar-refractivity contribution in [2.24, 2.45) is 16.6 Å². The van der Waals surface area contributed by atoms with Gasteiger partial charge in [0.15, 0.2) is 0 Å². The number of hydrogen-bond acceptors (Lipinski definition) is 9. The second kappa shape index (κ2) is 23.3. The second-order valence-corrected chi connectivity index (χ2v) is 17.1. The summed E-state index contributed by atoms with van der Waals surface area (Å²) in [5.41, 5.74) is 6.54. The molecule has 0 spiro atoms. The van der Waals surface area contributed by atoms with Gasteiger partial charge in [-0.15, -0.1) is 0 Å². The number of aromatic nitrogens is 1. The van der Waals surface area contributed by atoms with Gasteiger partial charge in [0, 0.05) is 62.0 Å². The first-order valence-electron chi connectivity index (χ1n) is 20.4. The van der Waals surface area contributed by atoms with Crippen LogP contribution in [-0.2, 0) is 40.1 Å². The minimum Gasteiger partial charge on any atom is -0.481 e. The number of carboxylic acids is 2. The summed E-state index contributed by atoms with van der Waals surface area (Å²) in [6.07, 6.45) is 0.588. The molecule has 344 valence electrons. The quantitative estimate of drug-likeness (QED) is 0.0607. The van der Waals surface area contributed by atoms with Gasteiger partial charge in [0.1, 0.15) is 24.3 Å². The number of hydrogen-bond donors (Lipinski definition) is 8. The number of aliphatic hydroxyl groups is 1. The lowest BCUT2D eigenvalue weighted by Crippen LogP contribution is -2.48. The smallest absolute Gasteiger partial charge is 0.326 e. The summed E-state index contributed by atoms with van der Waals surface area (Å²) in [5, 5.41) is 38.3. The number of carboxylic acid groups (broad SMARTS) is 2. The second-order valence-electron chi connectivity index (χ2n) is 17.1. The maximum Gasteiger partial charge on any atom is 0.326 e. The molecular formula is C44H59F2N7O10. The summed E-state index contributed by atoms with van der Waals surface area (Å²) in [4.78, 5) is 87.6. The van der Waals surface area contributed by atoms with Gasteiger partial charge in [0.05, 0.1) is 25.0 Å². The number of nitrogens with one attached hydrogen (secondary N) is 4. The van der Waals surface area contributed by atoms with Crippen LogP contribution in [0.4, 0.5) is 8.78 Å². The molecule has 0 radical (unpaired) electrons. The zero-order valence-corrected chi connectivity index (χ0v) is 36.2. The van der Waals surface area contributed by atoms with Crippen LogP contribution in [0.2, 0.25) is 0 Å². The number of aliphatic carboxylic acids is 2. The van der Waals surface area contributed by atoms with Gasteiger partial charge in [-0.05, 0) is 53.5 Å². The van der Waals surface area contributed by atoms with Gasteiger partial charge in [0.2, 0.25) is 29.5 Å². The number of carbonyl (C=O) groups is 7. The molecule has 3 atom stereocenters. The Balaban J connectivity index is 1.60. The van der Waals surface area contributed by atoms with Gasteiger partial charge in [-0.1, -0.05) is 65.0 Å². The molecule has 5 amide bonds. The van der Waals surface area contributed by atoms with Gasteiger partial charge in [-0.25, -0.2) is 13.6 Å². The van der Waals surface area contributed by atoms with Gasteiger partial charge < -0.3 is 51.8 Å². The van der Waals surface area contributed by atoms with Gasteiger partial charge in [-0.3, -0.25) is 28.8 Å². The number of rotatable bonds is 24. The molecular weight excluding hydrogens is 825 g/mol. The molecule has 1 aromatic heterocycles. The molecule has 0 aliphatic heterocycles. The van der Waals surface area contributed by atoms with E-state index >= 15 is 4.39 Å². The van der Waals surface area contributed by atoms with Crippen LogP contribution in [-0.4, -0.2) is 111 Å². The van der Waals surface area contributed by atoms with Crippen LogP contribution in [0.5, 0.6) is 0 Å². The third-order valence-electron chi connectivity index (χ3n) is 10.0. The summed E-state index contributed by atoms with van der Waals surface area (Å²) >= 11 is 0. The molecule has 19 heteroatoms. The van der Waals surface area contributed by atoms with Crippen molar-refractivity contribution < 1.29 is 57.7 Å². The Morgan fingerprint density at radius 3 is 2.11 bits per heavy atom.